The summed E-state index contributed by atoms with van der Waals surface area (Å²) in [6.07, 6.45) is 1.32. The molecule has 0 atom stereocenters. The van der Waals surface area contributed by atoms with E-state index in [9.17, 15) is 35.9 Å². The van der Waals surface area contributed by atoms with Gasteiger partial charge in [-0.3, -0.25) is 0 Å². The van der Waals surface area contributed by atoms with Crippen molar-refractivity contribution >= 4 is 40.0 Å². The summed E-state index contributed by atoms with van der Waals surface area (Å²) in [5, 5.41) is 11.1. The Labute approximate surface area is 633 Å². The molecule has 108 heavy (non-hydrogen) atoms. The van der Waals surface area contributed by atoms with Gasteiger partial charge in [-0.1, -0.05) is 57.4 Å². The van der Waals surface area contributed by atoms with Gasteiger partial charge in [-0.05, 0) is 49.9 Å². The molecule has 0 fully saturated rings. The Morgan fingerprint density at radius 1 is 0.343 bits per heavy atom. The number of carbonyl (C=O) groups excluding carboxylic acids is 2. The Morgan fingerprint density at radius 2 is 0.648 bits per heavy atom. The number of carbonyl (C=O) groups is 2. The zero-order chi connectivity index (χ0) is 77.7. The molecule has 1 aromatic heterocycles. The Balaban J connectivity index is 1.37. The highest BCUT2D eigenvalue weighted by Crippen LogP contribution is 2.39. The molecule has 1 heterocycles. The van der Waals surface area contributed by atoms with E-state index in [1.54, 1.807) is 44.4 Å². The second-order valence-corrected chi connectivity index (χ2v) is 24.1. The maximum atomic E-state index is 14.0. The van der Waals surface area contributed by atoms with E-state index in [1.807, 2.05) is 0 Å². The molecular weight excluding hydrogens is 1440 g/mol. The first-order chi connectivity index (χ1) is 52.7. The first-order valence-electron chi connectivity index (χ1n) is 37.7. The first-order valence-corrected chi connectivity index (χ1v) is 37.7. The van der Waals surface area contributed by atoms with E-state index in [0.717, 1.165) is 83.1 Å². The van der Waals surface area contributed by atoms with Crippen molar-refractivity contribution in [2.24, 2.45) is 0 Å². The van der Waals surface area contributed by atoms with Crippen LogP contribution >= 0.6 is 0 Å². The quantitative estimate of drug-likeness (QED) is 0.0302. The summed E-state index contributed by atoms with van der Waals surface area (Å²) in [7, 11) is 4.81. The second kappa shape index (κ2) is 67.5. The van der Waals surface area contributed by atoms with Gasteiger partial charge in [0.25, 0.3) is 0 Å². The molecule has 0 saturated carbocycles. The van der Waals surface area contributed by atoms with Crippen LogP contribution < -0.4 is 30.9 Å². The van der Waals surface area contributed by atoms with E-state index >= 15 is 0 Å². The number of nitrogens with zero attached hydrogens (tertiary/aromatic N) is 2. The summed E-state index contributed by atoms with van der Waals surface area (Å²) >= 11 is 0. The number of amides is 4. The third-order valence-corrected chi connectivity index (χ3v) is 15.4. The van der Waals surface area contributed by atoms with Crippen LogP contribution in [0.15, 0.2) is 42.5 Å². The van der Waals surface area contributed by atoms with Crippen molar-refractivity contribution < 1.29 is 131 Å². The molecule has 0 unspecified atom stereocenters. The standard InChI is InChI=1S/C74H124F6N6O22/c1-89-26-29-96-38-34-94-24-20-86(65-16-17-67-68(73(75,76)77)62-70(74(78,79)80)85-69(67)61-65)21-25-95-35-39-107-56-57-108-66-59-63(83-71(87)81-18-12-8-4-6-10-14-22-92-32-36-99-44-46-103-52-54-105-50-48-101-42-40-97-30-27-90-2)58-64(60-66)84-72(88)82-19-13-9-5-7-11-15-23-93-33-37-100-45-47-104-53-55-106-51-49-102-43-41-98-31-28-91-3/h16-17,58-62H,4-15,18-57H2,1-3H3,(H2,81,83,87)(H2,82,84,88). The zero-order valence-corrected chi connectivity index (χ0v) is 64.0. The minimum atomic E-state index is -5.12. The third-order valence-electron chi connectivity index (χ3n) is 15.4. The topological polar surface area (TPSA) is 283 Å². The fraction of sp³-hybridized carbons (Fsp3) is 0.770. The number of benzene rings is 2. The number of ether oxygens (including phenoxy) is 20. The summed E-state index contributed by atoms with van der Waals surface area (Å²) in [5.41, 5.74) is -2.51. The van der Waals surface area contributed by atoms with Gasteiger partial charge >= 0.3 is 24.4 Å². The molecular formula is C74H124F6N6O22. The first kappa shape index (κ1) is 97.0. The molecule has 0 aliphatic rings. The zero-order valence-electron chi connectivity index (χ0n) is 64.0. The highest BCUT2D eigenvalue weighted by Gasteiger charge is 2.39. The van der Waals surface area contributed by atoms with Crippen LogP contribution in [0.25, 0.3) is 10.9 Å². The van der Waals surface area contributed by atoms with Gasteiger partial charge in [0.15, 0.2) is 0 Å². The number of rotatable bonds is 76. The molecule has 28 nitrogen and oxygen atoms in total. The van der Waals surface area contributed by atoms with Crippen molar-refractivity contribution in [2.45, 2.75) is 89.4 Å². The van der Waals surface area contributed by atoms with Gasteiger partial charge in [0.2, 0.25) is 0 Å². The molecule has 624 valence electrons. The van der Waals surface area contributed by atoms with Crippen molar-refractivity contribution in [3.8, 4) is 5.75 Å². The van der Waals surface area contributed by atoms with Crippen LogP contribution in [0.2, 0.25) is 0 Å². The number of urea groups is 2. The van der Waals surface area contributed by atoms with Crippen molar-refractivity contribution in [1.82, 2.24) is 15.6 Å². The number of aromatic nitrogens is 1. The third kappa shape index (κ3) is 54.4. The molecule has 0 bridgehead atoms. The summed E-state index contributed by atoms with van der Waals surface area (Å²) in [4.78, 5) is 31.6. The number of pyridine rings is 1. The minimum absolute atomic E-state index is 0.0174. The smallest absolute Gasteiger partial charge is 0.433 e. The second-order valence-electron chi connectivity index (χ2n) is 24.1. The van der Waals surface area contributed by atoms with Crippen LogP contribution in [0.3, 0.4) is 0 Å². The van der Waals surface area contributed by atoms with Crippen LogP contribution in [0, 0.1) is 0 Å². The molecule has 34 heteroatoms. The molecule has 3 rings (SSSR count). The fourth-order valence-electron chi connectivity index (χ4n) is 9.86. The van der Waals surface area contributed by atoms with Gasteiger partial charge in [-0.15, -0.1) is 0 Å². The van der Waals surface area contributed by atoms with Crippen molar-refractivity contribution in [2.75, 3.05) is 301 Å². The Hall–Kier alpha value is -5.19. The number of anilines is 3. The van der Waals surface area contributed by atoms with Gasteiger partial charge in [-0.2, -0.15) is 26.3 Å². The van der Waals surface area contributed by atoms with Gasteiger partial charge < -0.3 is 121 Å². The van der Waals surface area contributed by atoms with E-state index in [2.05, 4.69) is 26.3 Å². The van der Waals surface area contributed by atoms with E-state index < -0.39 is 46.6 Å². The number of halogens is 6. The molecule has 3 aromatic rings. The number of alkyl halides is 6. The number of hydrogen-bond donors (Lipinski definition) is 4. The van der Waals surface area contributed by atoms with Crippen LogP contribution in [0.4, 0.5) is 53.0 Å². The van der Waals surface area contributed by atoms with Crippen LogP contribution in [0.1, 0.15) is 88.3 Å². The maximum absolute atomic E-state index is 14.0. The van der Waals surface area contributed by atoms with Crippen LogP contribution in [-0.2, 0) is 102 Å². The lowest BCUT2D eigenvalue weighted by atomic mass is 10.1. The molecule has 2 aromatic carbocycles. The summed E-state index contributed by atoms with van der Waals surface area (Å²) in [5.74, 6) is 0.347. The SMILES string of the molecule is COCCOCCOCCOCCOCCOCCOCCCCCCCCNC(=O)Nc1cc(NC(=O)NCCCCCCCCOCCOCCOCCOCCOCCOCCOC)cc(OCCOCCOCCN(CCOCCOCCOC)c2ccc3c(C(F)(F)F)cc(C(F)(F)F)nc3c2)c1. The number of hydrogen-bond acceptors (Lipinski definition) is 24. The highest BCUT2D eigenvalue weighted by atomic mass is 19.4. The van der Waals surface area contributed by atoms with E-state index in [4.69, 9.17) is 94.7 Å². The van der Waals surface area contributed by atoms with Gasteiger partial charge in [0, 0.05) is 95.3 Å². The lowest BCUT2D eigenvalue weighted by Crippen LogP contribution is -2.31. The van der Waals surface area contributed by atoms with E-state index in [1.165, 1.54) is 12.1 Å². The molecule has 0 aliphatic heterocycles. The fourth-order valence-corrected chi connectivity index (χ4v) is 9.86. The Kier molecular flexibility index (Phi) is 60.6. The predicted molar refractivity (Wildman–Crippen MR) is 394 cm³/mol. The van der Waals surface area contributed by atoms with Gasteiger partial charge in [0.05, 0.1) is 229 Å². The minimum Gasteiger partial charge on any atom is -0.491 e. The monoisotopic (exact) mass is 1560 g/mol. The maximum Gasteiger partial charge on any atom is 0.433 e. The average molecular weight is 1560 g/mol. The lowest BCUT2D eigenvalue weighted by molar-refractivity contribution is -0.144. The summed E-state index contributed by atoms with van der Waals surface area (Å²) < 4.78 is 193. The van der Waals surface area contributed by atoms with Crippen LogP contribution in [0.5, 0.6) is 5.75 Å². The average Bonchev–Trinajstić information content (AvgIpc) is 0.767. The van der Waals surface area contributed by atoms with Crippen molar-refractivity contribution in [1.29, 1.82) is 0 Å². The number of methoxy groups -OCH3 is 3. The summed E-state index contributed by atoms with van der Waals surface area (Å²) in [6, 6.07) is 7.75. The molecule has 0 aliphatic carbocycles. The Morgan fingerprint density at radius 3 is 0.981 bits per heavy atom. The number of fused-ring (bicyclic) bond motifs is 1. The molecule has 0 radical (unpaired) electrons. The van der Waals surface area contributed by atoms with Gasteiger partial charge in [-0.25, -0.2) is 14.6 Å². The van der Waals surface area contributed by atoms with E-state index in [-0.39, 0.29) is 72.0 Å². The highest BCUT2D eigenvalue weighted by molar-refractivity contribution is 5.93. The van der Waals surface area contributed by atoms with Crippen molar-refractivity contribution in [3.05, 3.63) is 53.7 Å². The lowest BCUT2D eigenvalue weighted by Gasteiger charge is -2.25. The largest absolute Gasteiger partial charge is 0.491 e. The number of unbranched alkanes of at least 4 members (excludes halogenated alkanes) is 10. The Bertz CT molecular complexity index is 2530. The van der Waals surface area contributed by atoms with Crippen molar-refractivity contribution in [3.63, 3.8) is 0 Å². The van der Waals surface area contributed by atoms with Gasteiger partial charge in [0.1, 0.15) is 18.1 Å². The normalized spacial score (nSPS) is 11.9. The van der Waals surface area contributed by atoms with Crippen LogP contribution in [-0.4, -0.2) is 302 Å². The van der Waals surface area contributed by atoms with E-state index in [0.29, 0.717) is 221 Å². The molecule has 0 saturated heterocycles. The molecule has 4 N–H and O–H groups in total. The summed E-state index contributed by atoms with van der Waals surface area (Å²) in [6.45, 7) is 16.8. The molecule has 0 spiro atoms. The molecule has 4 amide bonds. The predicted octanol–water partition coefficient (Wildman–Crippen LogP) is 10.3. The number of nitrogens with one attached hydrogen (secondary N) is 4.